The Morgan fingerprint density at radius 3 is 2.28 bits per heavy atom. The van der Waals surface area contributed by atoms with Gasteiger partial charge in [-0.15, -0.1) is 0 Å². The van der Waals surface area contributed by atoms with Gasteiger partial charge in [0.05, 0.1) is 4.92 Å². The Bertz CT molecular complexity index is 1260. The van der Waals surface area contributed by atoms with Crippen molar-refractivity contribution in [1.29, 1.82) is 0 Å². The van der Waals surface area contributed by atoms with Crippen LogP contribution in [0.2, 0.25) is 0 Å². The molecule has 0 atom stereocenters. The highest BCUT2D eigenvalue weighted by Crippen LogP contribution is 2.26. The second-order valence-corrected chi connectivity index (χ2v) is 9.03. The summed E-state index contributed by atoms with van der Waals surface area (Å²) >= 11 is 0. The van der Waals surface area contributed by atoms with Crippen molar-refractivity contribution in [2.24, 2.45) is 0 Å². The third-order valence-electron chi connectivity index (χ3n) is 6.43. The number of amides is 1. The molecule has 36 heavy (non-hydrogen) atoms. The van der Waals surface area contributed by atoms with Crippen molar-refractivity contribution in [3.63, 3.8) is 0 Å². The van der Waals surface area contributed by atoms with Crippen molar-refractivity contribution in [3.05, 3.63) is 98.5 Å². The van der Waals surface area contributed by atoms with Gasteiger partial charge in [-0.25, -0.2) is 9.97 Å². The third-order valence-corrected chi connectivity index (χ3v) is 6.43. The van der Waals surface area contributed by atoms with Crippen LogP contribution in [0.25, 0.3) is 6.08 Å². The first-order chi connectivity index (χ1) is 17.3. The minimum Gasteiger partial charge on any atom is -0.353 e. The van der Waals surface area contributed by atoms with Crippen LogP contribution < -0.4 is 4.90 Å². The van der Waals surface area contributed by atoms with Gasteiger partial charge in [0.25, 0.3) is 5.69 Å². The second kappa shape index (κ2) is 11.1. The van der Waals surface area contributed by atoms with E-state index in [2.05, 4.69) is 43.0 Å². The van der Waals surface area contributed by atoms with Gasteiger partial charge in [0.1, 0.15) is 11.6 Å². The number of rotatable bonds is 7. The molecule has 8 nitrogen and oxygen atoms in total. The van der Waals surface area contributed by atoms with Crippen LogP contribution in [0, 0.1) is 24.0 Å². The smallest absolute Gasteiger partial charge is 0.269 e. The molecule has 1 fully saturated rings. The molecule has 1 aliphatic heterocycles. The molecule has 2 aromatic carbocycles. The number of carbonyl (C=O) groups is 1. The van der Waals surface area contributed by atoms with Crippen molar-refractivity contribution >= 4 is 23.5 Å². The summed E-state index contributed by atoms with van der Waals surface area (Å²) in [5, 5.41) is 10.8. The van der Waals surface area contributed by atoms with Gasteiger partial charge in [-0.1, -0.05) is 36.8 Å². The van der Waals surface area contributed by atoms with Crippen LogP contribution in [0.1, 0.15) is 40.7 Å². The summed E-state index contributed by atoms with van der Waals surface area (Å²) in [5.74, 6) is 1.66. The Hall–Kier alpha value is -4.07. The topological polar surface area (TPSA) is 92.5 Å². The van der Waals surface area contributed by atoms with E-state index in [4.69, 9.17) is 9.97 Å². The lowest BCUT2D eigenvalue weighted by atomic mass is 10.0. The molecule has 0 unspecified atom stereocenters. The van der Waals surface area contributed by atoms with Crippen LogP contribution in [-0.2, 0) is 17.6 Å². The van der Waals surface area contributed by atoms with Crippen molar-refractivity contribution in [3.8, 4) is 0 Å². The predicted molar refractivity (Wildman–Crippen MR) is 141 cm³/mol. The van der Waals surface area contributed by atoms with Gasteiger partial charge in [-0.2, -0.15) is 0 Å². The normalized spacial score (nSPS) is 13.9. The zero-order chi connectivity index (χ0) is 25.7. The number of aryl methyl sites for hydroxylation is 3. The van der Waals surface area contributed by atoms with E-state index >= 15 is 0 Å². The minimum absolute atomic E-state index is 0.0301. The molecule has 186 valence electrons. The summed E-state index contributed by atoms with van der Waals surface area (Å²) in [6.07, 6.45) is 4.84. The number of nitrogens with zero attached hydrogens (tertiary/aromatic N) is 5. The Morgan fingerprint density at radius 2 is 1.67 bits per heavy atom. The van der Waals surface area contributed by atoms with Crippen LogP contribution in [0.4, 0.5) is 11.5 Å². The quantitative estimate of drug-likeness (QED) is 0.278. The first-order valence-corrected chi connectivity index (χ1v) is 12.2. The standard InChI is InChI=1S/C28H31N5O3/c1-4-26-25(19-23-7-5-20(2)6-8-23)28(30-21(3)29-26)32-17-15-31(16-18-32)27(34)14-11-22-9-12-24(13-10-22)33(35)36/h5-14H,4,15-19H2,1-3H3/b14-11+. The van der Waals surface area contributed by atoms with Gasteiger partial charge in [0, 0.05) is 62.1 Å². The van der Waals surface area contributed by atoms with E-state index in [9.17, 15) is 14.9 Å². The van der Waals surface area contributed by atoms with E-state index in [0.29, 0.717) is 26.2 Å². The number of non-ortho nitro benzene ring substituents is 1. The zero-order valence-corrected chi connectivity index (χ0v) is 21.0. The fraction of sp³-hybridized carbons (Fsp3) is 0.321. The lowest BCUT2D eigenvalue weighted by Crippen LogP contribution is -2.49. The summed E-state index contributed by atoms with van der Waals surface area (Å²) < 4.78 is 0. The highest BCUT2D eigenvalue weighted by molar-refractivity contribution is 5.92. The summed E-state index contributed by atoms with van der Waals surface area (Å²) in [5.41, 5.74) is 5.47. The molecule has 1 amide bonds. The minimum atomic E-state index is -0.438. The number of hydrogen-bond acceptors (Lipinski definition) is 6. The lowest BCUT2D eigenvalue weighted by Gasteiger charge is -2.36. The maximum absolute atomic E-state index is 12.8. The number of piperazine rings is 1. The molecule has 0 bridgehead atoms. The number of anilines is 1. The zero-order valence-electron chi connectivity index (χ0n) is 21.0. The summed E-state index contributed by atoms with van der Waals surface area (Å²) in [4.78, 5) is 36.8. The van der Waals surface area contributed by atoms with Gasteiger partial charge >= 0.3 is 0 Å². The highest BCUT2D eigenvalue weighted by Gasteiger charge is 2.24. The van der Waals surface area contributed by atoms with E-state index < -0.39 is 4.92 Å². The number of nitro groups is 1. The van der Waals surface area contributed by atoms with Gasteiger partial charge in [0.15, 0.2) is 0 Å². The summed E-state index contributed by atoms with van der Waals surface area (Å²) in [6.45, 7) is 8.72. The molecule has 0 spiro atoms. The molecule has 1 saturated heterocycles. The molecule has 0 saturated carbocycles. The number of hydrogen-bond donors (Lipinski definition) is 0. The summed E-state index contributed by atoms with van der Waals surface area (Å²) in [6, 6.07) is 14.7. The molecular weight excluding hydrogens is 454 g/mol. The Balaban J connectivity index is 1.45. The molecular formula is C28H31N5O3. The van der Waals surface area contributed by atoms with Crippen molar-refractivity contribution in [1.82, 2.24) is 14.9 Å². The molecule has 8 heteroatoms. The van der Waals surface area contributed by atoms with Crippen LogP contribution in [0.15, 0.2) is 54.6 Å². The van der Waals surface area contributed by atoms with Crippen molar-refractivity contribution < 1.29 is 9.72 Å². The highest BCUT2D eigenvalue weighted by atomic mass is 16.6. The van der Waals surface area contributed by atoms with E-state index in [1.165, 1.54) is 29.3 Å². The Kier molecular flexibility index (Phi) is 7.73. The largest absolute Gasteiger partial charge is 0.353 e. The summed E-state index contributed by atoms with van der Waals surface area (Å²) in [7, 11) is 0. The van der Waals surface area contributed by atoms with E-state index in [0.717, 1.165) is 41.3 Å². The van der Waals surface area contributed by atoms with Gasteiger partial charge in [-0.3, -0.25) is 14.9 Å². The Labute approximate surface area is 211 Å². The number of carbonyl (C=O) groups excluding carboxylic acids is 1. The molecule has 0 N–H and O–H groups in total. The van der Waals surface area contributed by atoms with Crippen molar-refractivity contribution in [2.75, 3.05) is 31.1 Å². The molecule has 0 aliphatic carbocycles. The maximum Gasteiger partial charge on any atom is 0.269 e. The van der Waals surface area contributed by atoms with Crippen LogP contribution in [-0.4, -0.2) is 51.9 Å². The number of aromatic nitrogens is 2. The van der Waals surface area contributed by atoms with Gasteiger partial charge in [0.2, 0.25) is 5.91 Å². The Morgan fingerprint density at radius 1 is 1.00 bits per heavy atom. The first-order valence-electron chi connectivity index (χ1n) is 12.2. The van der Waals surface area contributed by atoms with E-state index in [-0.39, 0.29) is 11.6 Å². The fourth-order valence-electron chi connectivity index (χ4n) is 4.40. The lowest BCUT2D eigenvalue weighted by molar-refractivity contribution is -0.384. The van der Waals surface area contributed by atoms with Crippen LogP contribution >= 0.6 is 0 Å². The third kappa shape index (κ3) is 5.94. The molecule has 1 aromatic heterocycles. The predicted octanol–water partition coefficient (Wildman–Crippen LogP) is 4.52. The van der Waals surface area contributed by atoms with Gasteiger partial charge in [-0.05, 0) is 49.6 Å². The maximum atomic E-state index is 12.8. The van der Waals surface area contributed by atoms with Crippen LogP contribution in [0.5, 0.6) is 0 Å². The SMILES string of the molecule is CCc1nc(C)nc(N2CCN(C(=O)/C=C/c3ccc([N+](=O)[O-])cc3)CC2)c1Cc1ccc(C)cc1. The first kappa shape index (κ1) is 25.0. The van der Waals surface area contributed by atoms with E-state index in [1.807, 2.05) is 11.8 Å². The monoisotopic (exact) mass is 485 g/mol. The van der Waals surface area contributed by atoms with Crippen molar-refractivity contribution in [2.45, 2.75) is 33.6 Å². The van der Waals surface area contributed by atoms with Gasteiger partial charge < -0.3 is 9.80 Å². The molecule has 1 aliphatic rings. The molecule has 0 radical (unpaired) electrons. The number of nitro benzene ring substituents is 1. The molecule has 2 heterocycles. The fourth-order valence-corrected chi connectivity index (χ4v) is 4.40. The molecule has 3 aromatic rings. The second-order valence-electron chi connectivity index (χ2n) is 9.03. The van der Waals surface area contributed by atoms with E-state index in [1.54, 1.807) is 18.2 Å². The number of benzene rings is 2. The van der Waals surface area contributed by atoms with Crippen LogP contribution in [0.3, 0.4) is 0 Å². The molecule has 4 rings (SSSR count). The average molecular weight is 486 g/mol. The average Bonchev–Trinajstić information content (AvgIpc) is 2.89.